The third kappa shape index (κ3) is 3.37. The van der Waals surface area contributed by atoms with Crippen LogP contribution in [0.15, 0.2) is 34.7 Å². The zero-order chi connectivity index (χ0) is 15.5. The summed E-state index contributed by atoms with van der Waals surface area (Å²) in [6, 6.07) is 4.62. The maximum absolute atomic E-state index is 12.7. The molecule has 1 aliphatic rings. The molecule has 7 heteroatoms. The molecule has 0 atom stereocenters. The molecule has 0 radical (unpaired) electrons. The molecule has 0 saturated carbocycles. The van der Waals surface area contributed by atoms with Crippen molar-refractivity contribution >= 4 is 15.7 Å². The van der Waals surface area contributed by atoms with Crippen LogP contribution in [0.25, 0.3) is 0 Å². The quantitative estimate of drug-likeness (QED) is 0.653. The van der Waals surface area contributed by atoms with Crippen molar-refractivity contribution < 1.29 is 17.9 Å². The molecule has 116 valence electrons. The number of nitrogens with zero attached hydrogens (tertiary/aromatic N) is 1. The van der Waals surface area contributed by atoms with Crippen LogP contribution >= 0.6 is 0 Å². The van der Waals surface area contributed by atoms with Crippen LogP contribution < -0.4 is 10.5 Å². The van der Waals surface area contributed by atoms with E-state index in [2.05, 4.69) is 0 Å². The number of nitrogens with two attached hydrogens (primary N) is 1. The van der Waals surface area contributed by atoms with E-state index in [9.17, 15) is 8.42 Å². The van der Waals surface area contributed by atoms with Gasteiger partial charge in [0, 0.05) is 25.9 Å². The van der Waals surface area contributed by atoms with Gasteiger partial charge in [-0.05, 0) is 30.2 Å². The molecule has 0 spiro atoms. The number of nitrogen functional groups attached to an aromatic ring is 1. The van der Waals surface area contributed by atoms with Gasteiger partial charge in [0.05, 0.1) is 13.7 Å². The van der Waals surface area contributed by atoms with Crippen molar-refractivity contribution in [2.24, 2.45) is 0 Å². The molecule has 1 aromatic carbocycles. The summed E-state index contributed by atoms with van der Waals surface area (Å²) in [5.74, 6) is 0.302. The van der Waals surface area contributed by atoms with Gasteiger partial charge < -0.3 is 15.2 Å². The fourth-order valence-electron chi connectivity index (χ4n) is 2.26. The van der Waals surface area contributed by atoms with Gasteiger partial charge in [0.2, 0.25) is 10.0 Å². The fourth-order valence-corrected chi connectivity index (χ4v) is 3.83. The lowest BCUT2D eigenvalue weighted by Gasteiger charge is -2.26. The molecule has 21 heavy (non-hydrogen) atoms. The number of methoxy groups -OCH3 is 2. The van der Waals surface area contributed by atoms with Gasteiger partial charge in [-0.15, -0.1) is 0 Å². The summed E-state index contributed by atoms with van der Waals surface area (Å²) in [6.45, 7) is 1.30. The molecule has 1 aliphatic heterocycles. The van der Waals surface area contributed by atoms with Crippen molar-refractivity contribution in [1.82, 2.24) is 4.31 Å². The SMILES string of the molecule is COCC1=CCN(S(=O)(=O)c2cc(N)ccc2OC)CC1. The lowest BCUT2D eigenvalue weighted by atomic mass is 10.1. The Labute approximate surface area is 125 Å². The Bertz CT molecular complexity index is 640. The number of ether oxygens (including phenoxy) is 2. The van der Waals surface area contributed by atoms with Gasteiger partial charge in [-0.1, -0.05) is 6.08 Å². The van der Waals surface area contributed by atoms with Crippen LogP contribution in [0.4, 0.5) is 5.69 Å². The Hall–Kier alpha value is -1.57. The summed E-state index contributed by atoms with van der Waals surface area (Å²) in [6.07, 6.45) is 2.56. The Balaban J connectivity index is 2.29. The van der Waals surface area contributed by atoms with Gasteiger partial charge in [-0.25, -0.2) is 8.42 Å². The number of hydrogen-bond donors (Lipinski definition) is 1. The van der Waals surface area contributed by atoms with Crippen LogP contribution in [0, 0.1) is 0 Å². The van der Waals surface area contributed by atoms with Crippen molar-refractivity contribution in [3.8, 4) is 5.75 Å². The number of anilines is 1. The first-order valence-electron chi connectivity index (χ1n) is 6.59. The Morgan fingerprint density at radius 1 is 1.33 bits per heavy atom. The lowest BCUT2D eigenvalue weighted by molar-refractivity contribution is 0.219. The van der Waals surface area contributed by atoms with Crippen LogP contribution in [0.2, 0.25) is 0 Å². The van der Waals surface area contributed by atoms with Crippen LogP contribution in [-0.4, -0.2) is 46.6 Å². The van der Waals surface area contributed by atoms with Crippen LogP contribution in [0.1, 0.15) is 6.42 Å². The van der Waals surface area contributed by atoms with E-state index < -0.39 is 10.0 Å². The van der Waals surface area contributed by atoms with Gasteiger partial charge in [0.15, 0.2) is 0 Å². The normalized spacial score (nSPS) is 16.6. The molecule has 1 aromatic rings. The molecule has 0 fully saturated rings. The zero-order valence-corrected chi connectivity index (χ0v) is 13.0. The highest BCUT2D eigenvalue weighted by atomic mass is 32.2. The van der Waals surface area contributed by atoms with E-state index in [1.165, 1.54) is 17.5 Å². The summed E-state index contributed by atoms with van der Waals surface area (Å²) in [5, 5.41) is 0. The first kappa shape index (κ1) is 15.8. The van der Waals surface area contributed by atoms with Crippen molar-refractivity contribution in [2.75, 3.05) is 39.6 Å². The maximum Gasteiger partial charge on any atom is 0.247 e. The molecule has 0 aromatic heterocycles. The average molecular weight is 312 g/mol. The topological polar surface area (TPSA) is 81.9 Å². The number of rotatable bonds is 5. The minimum atomic E-state index is -3.62. The summed E-state index contributed by atoms with van der Waals surface area (Å²) in [7, 11) is -0.554. The Kier molecular flexibility index (Phi) is 4.87. The minimum absolute atomic E-state index is 0.105. The van der Waals surface area contributed by atoms with E-state index in [1.807, 2.05) is 6.08 Å². The molecule has 0 aliphatic carbocycles. The first-order valence-corrected chi connectivity index (χ1v) is 8.03. The van der Waals surface area contributed by atoms with E-state index in [4.69, 9.17) is 15.2 Å². The predicted molar refractivity (Wildman–Crippen MR) is 80.7 cm³/mol. The van der Waals surface area contributed by atoms with Crippen molar-refractivity contribution in [3.63, 3.8) is 0 Å². The monoisotopic (exact) mass is 312 g/mol. The molecular weight excluding hydrogens is 292 g/mol. The van der Waals surface area contributed by atoms with Gasteiger partial charge in [0.25, 0.3) is 0 Å². The summed E-state index contributed by atoms with van der Waals surface area (Å²) in [5.41, 5.74) is 7.21. The molecule has 0 amide bonds. The van der Waals surface area contributed by atoms with Crippen molar-refractivity contribution in [3.05, 3.63) is 29.8 Å². The third-order valence-electron chi connectivity index (χ3n) is 3.40. The zero-order valence-electron chi connectivity index (χ0n) is 12.2. The smallest absolute Gasteiger partial charge is 0.247 e. The fraction of sp³-hybridized carbons (Fsp3) is 0.429. The van der Waals surface area contributed by atoms with Crippen LogP contribution in [0.5, 0.6) is 5.75 Å². The van der Waals surface area contributed by atoms with Gasteiger partial charge in [-0.3, -0.25) is 0 Å². The van der Waals surface area contributed by atoms with Gasteiger partial charge in [0.1, 0.15) is 10.6 Å². The molecule has 0 bridgehead atoms. The molecule has 2 rings (SSSR count). The van der Waals surface area contributed by atoms with Crippen LogP contribution in [-0.2, 0) is 14.8 Å². The predicted octanol–water partition coefficient (Wildman–Crippen LogP) is 1.24. The number of sulfonamides is 1. The van der Waals surface area contributed by atoms with E-state index in [0.29, 0.717) is 37.6 Å². The standard InChI is InChI=1S/C14H20N2O4S/c1-19-10-11-5-7-16(8-6-11)21(17,18)14-9-12(15)3-4-13(14)20-2/h3-5,9H,6-8,10,15H2,1-2H3. The summed E-state index contributed by atoms with van der Waals surface area (Å²) < 4.78 is 37.1. The highest BCUT2D eigenvalue weighted by Crippen LogP contribution is 2.30. The van der Waals surface area contributed by atoms with E-state index in [1.54, 1.807) is 19.2 Å². The molecule has 0 unspecified atom stereocenters. The Morgan fingerprint density at radius 2 is 2.10 bits per heavy atom. The molecular formula is C14H20N2O4S. The second kappa shape index (κ2) is 6.46. The summed E-state index contributed by atoms with van der Waals surface area (Å²) in [4.78, 5) is 0.105. The molecule has 2 N–H and O–H groups in total. The lowest BCUT2D eigenvalue weighted by Crippen LogP contribution is -2.35. The number of benzene rings is 1. The van der Waals surface area contributed by atoms with Crippen molar-refractivity contribution in [1.29, 1.82) is 0 Å². The van der Waals surface area contributed by atoms with Crippen molar-refractivity contribution in [2.45, 2.75) is 11.3 Å². The minimum Gasteiger partial charge on any atom is -0.495 e. The third-order valence-corrected chi connectivity index (χ3v) is 5.29. The Morgan fingerprint density at radius 3 is 2.67 bits per heavy atom. The largest absolute Gasteiger partial charge is 0.495 e. The first-order chi connectivity index (χ1) is 9.98. The second-order valence-corrected chi connectivity index (χ2v) is 6.73. The maximum atomic E-state index is 12.7. The van der Waals surface area contributed by atoms with Gasteiger partial charge >= 0.3 is 0 Å². The average Bonchev–Trinajstić information content (AvgIpc) is 2.48. The molecule has 0 saturated heterocycles. The van der Waals surface area contributed by atoms with E-state index in [0.717, 1.165) is 5.57 Å². The molecule has 6 nitrogen and oxygen atoms in total. The van der Waals surface area contributed by atoms with Crippen LogP contribution in [0.3, 0.4) is 0 Å². The number of hydrogen-bond acceptors (Lipinski definition) is 5. The van der Waals surface area contributed by atoms with Gasteiger partial charge in [-0.2, -0.15) is 4.31 Å². The molecule has 1 heterocycles. The highest BCUT2D eigenvalue weighted by Gasteiger charge is 2.29. The second-order valence-electron chi connectivity index (χ2n) is 4.82. The highest BCUT2D eigenvalue weighted by molar-refractivity contribution is 7.89. The van der Waals surface area contributed by atoms with E-state index >= 15 is 0 Å². The summed E-state index contributed by atoms with van der Waals surface area (Å²) >= 11 is 0. The van der Waals surface area contributed by atoms with E-state index in [-0.39, 0.29) is 4.90 Å².